The van der Waals surface area contributed by atoms with Crippen LogP contribution in [0.2, 0.25) is 0 Å². The van der Waals surface area contributed by atoms with Crippen LogP contribution in [0.5, 0.6) is 5.75 Å². The lowest BCUT2D eigenvalue weighted by molar-refractivity contribution is 0.242. The van der Waals surface area contributed by atoms with Gasteiger partial charge < -0.3 is 15.8 Å². The summed E-state index contributed by atoms with van der Waals surface area (Å²) in [6.07, 6.45) is 4.05. The summed E-state index contributed by atoms with van der Waals surface area (Å²) in [5.74, 6) is 1.58. The van der Waals surface area contributed by atoms with Gasteiger partial charge in [0.25, 0.3) is 0 Å². The molecule has 4 nitrogen and oxygen atoms in total. The highest BCUT2D eigenvalue weighted by molar-refractivity contribution is 8.11. The van der Waals surface area contributed by atoms with Gasteiger partial charge in [0.1, 0.15) is 11.6 Å². The monoisotopic (exact) mass is 417 g/mol. The van der Waals surface area contributed by atoms with E-state index in [-0.39, 0.29) is 6.10 Å². The molecule has 0 saturated carbocycles. The Morgan fingerprint density at radius 1 is 1.07 bits per heavy atom. The van der Waals surface area contributed by atoms with Gasteiger partial charge in [-0.1, -0.05) is 43.1 Å². The summed E-state index contributed by atoms with van der Waals surface area (Å²) in [7, 11) is 0. The van der Waals surface area contributed by atoms with Crippen LogP contribution < -0.4 is 15.8 Å². The molecule has 0 spiro atoms. The molecular weight excluding hydrogens is 390 g/mol. The minimum atomic E-state index is 0.147. The quantitative estimate of drug-likeness (QED) is 0.431. The van der Waals surface area contributed by atoms with Crippen LogP contribution in [0.3, 0.4) is 0 Å². The molecule has 0 aliphatic heterocycles. The van der Waals surface area contributed by atoms with E-state index < -0.39 is 0 Å². The molecule has 0 fully saturated rings. The number of nitrogens with one attached hydrogen (secondary N) is 1. The van der Waals surface area contributed by atoms with E-state index in [1.54, 1.807) is 0 Å². The molecule has 5 heteroatoms. The molecule has 0 aliphatic carbocycles. The summed E-state index contributed by atoms with van der Waals surface area (Å²) in [6, 6.07) is 16.2. The molecule has 1 aromatic heterocycles. The molecule has 154 valence electrons. The number of hydrogen-bond donors (Lipinski definition) is 2. The number of fused-ring (bicyclic) bond motifs is 1. The molecule has 0 aliphatic rings. The first kappa shape index (κ1) is 21.5. The fourth-order valence-corrected chi connectivity index (χ4v) is 3.67. The number of nitrogens with zero attached hydrogens (tertiary/aromatic N) is 1. The zero-order valence-corrected chi connectivity index (χ0v) is 18.4. The molecule has 0 radical (unpaired) electrons. The van der Waals surface area contributed by atoms with Crippen molar-refractivity contribution in [2.45, 2.75) is 26.9 Å². The molecule has 3 aromatic rings. The van der Waals surface area contributed by atoms with Crippen molar-refractivity contribution in [3.63, 3.8) is 0 Å². The molecule has 3 rings (SSSR count). The maximum atomic E-state index is 5.78. The second-order valence-electron chi connectivity index (χ2n) is 7.15. The van der Waals surface area contributed by atoms with Gasteiger partial charge in [0.05, 0.1) is 11.1 Å². The van der Waals surface area contributed by atoms with Crippen molar-refractivity contribution in [2.24, 2.45) is 5.73 Å². The zero-order chi connectivity index (χ0) is 21.7. The molecule has 30 heavy (non-hydrogen) atoms. The SMILES string of the molecule is C=C(N)S/C(=C\C)c1ccc2cnc(NC(=C)c3ccc(OC(C)C)cc3)cc2c1. The van der Waals surface area contributed by atoms with Crippen LogP contribution in [-0.2, 0) is 0 Å². The lowest BCUT2D eigenvalue weighted by Gasteiger charge is -2.13. The van der Waals surface area contributed by atoms with Crippen molar-refractivity contribution >= 4 is 39.0 Å². The molecule has 0 atom stereocenters. The lowest BCUT2D eigenvalue weighted by Crippen LogP contribution is -2.05. The first-order valence-electron chi connectivity index (χ1n) is 9.77. The van der Waals surface area contributed by atoms with E-state index in [1.165, 1.54) is 11.8 Å². The van der Waals surface area contributed by atoms with E-state index in [9.17, 15) is 0 Å². The summed E-state index contributed by atoms with van der Waals surface area (Å²) in [5, 5.41) is 6.03. The van der Waals surface area contributed by atoms with Gasteiger partial charge in [0, 0.05) is 22.2 Å². The molecular formula is C25H27N3OS. The maximum absolute atomic E-state index is 5.78. The minimum absolute atomic E-state index is 0.147. The summed E-state index contributed by atoms with van der Waals surface area (Å²) in [4.78, 5) is 5.59. The van der Waals surface area contributed by atoms with Crippen LogP contribution in [0.1, 0.15) is 31.9 Å². The van der Waals surface area contributed by atoms with Crippen LogP contribution in [0, 0.1) is 0 Å². The van der Waals surface area contributed by atoms with Crippen molar-refractivity contribution in [2.75, 3.05) is 5.32 Å². The van der Waals surface area contributed by atoms with Crippen LogP contribution in [0.15, 0.2) is 79.0 Å². The van der Waals surface area contributed by atoms with Gasteiger partial charge in [-0.2, -0.15) is 0 Å². The average molecular weight is 418 g/mol. The average Bonchev–Trinajstić information content (AvgIpc) is 2.71. The molecule has 3 N–H and O–H groups in total. The fourth-order valence-electron chi connectivity index (χ4n) is 3.02. The van der Waals surface area contributed by atoms with Crippen LogP contribution in [-0.4, -0.2) is 11.1 Å². The smallest absolute Gasteiger partial charge is 0.130 e. The highest BCUT2D eigenvalue weighted by atomic mass is 32.2. The van der Waals surface area contributed by atoms with Gasteiger partial charge in [0.15, 0.2) is 0 Å². The van der Waals surface area contributed by atoms with Gasteiger partial charge >= 0.3 is 0 Å². The van der Waals surface area contributed by atoms with Crippen molar-refractivity contribution in [1.82, 2.24) is 4.98 Å². The van der Waals surface area contributed by atoms with E-state index >= 15 is 0 Å². The Morgan fingerprint density at radius 3 is 2.40 bits per heavy atom. The van der Waals surface area contributed by atoms with E-state index in [2.05, 4.69) is 41.7 Å². The topological polar surface area (TPSA) is 60.2 Å². The van der Waals surface area contributed by atoms with Gasteiger partial charge in [-0.15, -0.1) is 0 Å². The molecule has 0 saturated heterocycles. The van der Waals surface area contributed by atoms with Crippen molar-refractivity contribution in [3.05, 3.63) is 90.1 Å². The number of allylic oxidation sites excluding steroid dienone is 1. The van der Waals surface area contributed by atoms with Gasteiger partial charge in [0.2, 0.25) is 0 Å². The zero-order valence-electron chi connectivity index (χ0n) is 17.6. The molecule has 2 aromatic carbocycles. The van der Waals surface area contributed by atoms with E-state index in [0.717, 1.165) is 44.1 Å². The first-order valence-corrected chi connectivity index (χ1v) is 10.6. The Bertz CT molecular complexity index is 1100. The minimum Gasteiger partial charge on any atom is -0.491 e. The number of rotatable bonds is 8. The van der Waals surface area contributed by atoms with Crippen molar-refractivity contribution in [1.29, 1.82) is 0 Å². The number of pyridine rings is 1. The number of benzene rings is 2. The lowest BCUT2D eigenvalue weighted by atomic mass is 10.1. The Balaban J connectivity index is 1.80. The van der Waals surface area contributed by atoms with Crippen molar-refractivity contribution < 1.29 is 4.74 Å². The van der Waals surface area contributed by atoms with E-state index in [0.29, 0.717) is 5.03 Å². The fraction of sp³-hybridized carbons (Fsp3) is 0.160. The number of ether oxygens (including phenoxy) is 1. The predicted molar refractivity (Wildman–Crippen MR) is 131 cm³/mol. The highest BCUT2D eigenvalue weighted by Crippen LogP contribution is 2.32. The number of hydrogen-bond acceptors (Lipinski definition) is 5. The molecule has 1 heterocycles. The Kier molecular flexibility index (Phi) is 6.85. The first-order chi connectivity index (χ1) is 14.4. The Labute approximate surface area is 182 Å². The standard InChI is InChI=1S/C25H27N3OS/c1-6-24(30-18(5)26)20-7-8-21-15-27-25(14-22(21)13-20)28-17(4)19-9-11-23(12-10-19)29-16(2)3/h6-16H,4-5,26H2,1-3H3,(H,27,28)/b24-6-. The summed E-state index contributed by atoms with van der Waals surface area (Å²) >= 11 is 1.47. The second kappa shape index (κ2) is 9.55. The number of nitrogens with two attached hydrogens (primary N) is 1. The van der Waals surface area contributed by atoms with Crippen LogP contribution >= 0.6 is 11.8 Å². The van der Waals surface area contributed by atoms with Crippen LogP contribution in [0.25, 0.3) is 21.4 Å². The summed E-state index contributed by atoms with van der Waals surface area (Å²) in [6.45, 7) is 14.0. The molecule has 0 unspecified atom stereocenters. The molecule has 0 bridgehead atoms. The van der Waals surface area contributed by atoms with Gasteiger partial charge in [-0.05, 0) is 73.7 Å². The summed E-state index contributed by atoms with van der Waals surface area (Å²) < 4.78 is 5.70. The van der Waals surface area contributed by atoms with Gasteiger partial charge in [-0.3, -0.25) is 0 Å². The highest BCUT2D eigenvalue weighted by Gasteiger charge is 2.07. The predicted octanol–water partition coefficient (Wildman–Crippen LogP) is 6.63. The van der Waals surface area contributed by atoms with E-state index in [1.807, 2.05) is 63.4 Å². The third-order valence-corrected chi connectivity index (χ3v) is 5.32. The number of thioether (sulfide) groups is 1. The van der Waals surface area contributed by atoms with Crippen LogP contribution in [0.4, 0.5) is 5.82 Å². The normalized spacial score (nSPS) is 11.5. The van der Waals surface area contributed by atoms with Gasteiger partial charge in [-0.25, -0.2) is 4.98 Å². The van der Waals surface area contributed by atoms with E-state index in [4.69, 9.17) is 10.5 Å². The number of anilines is 1. The third-order valence-electron chi connectivity index (χ3n) is 4.36. The number of aromatic nitrogens is 1. The maximum Gasteiger partial charge on any atom is 0.130 e. The summed E-state index contributed by atoms with van der Waals surface area (Å²) in [5.41, 5.74) is 8.63. The van der Waals surface area contributed by atoms with Crippen molar-refractivity contribution in [3.8, 4) is 5.75 Å². The second-order valence-corrected chi connectivity index (χ2v) is 8.32. The third kappa shape index (κ3) is 5.45. The molecule has 0 amide bonds. The Morgan fingerprint density at radius 2 is 1.77 bits per heavy atom. The Hall–Kier alpha value is -3.18. The largest absolute Gasteiger partial charge is 0.491 e.